The van der Waals surface area contributed by atoms with Crippen LogP contribution in [0, 0.1) is 0 Å². The Morgan fingerprint density at radius 3 is 2.52 bits per heavy atom. The van der Waals surface area contributed by atoms with Gasteiger partial charge in [0.25, 0.3) is 5.91 Å². The fraction of sp³-hybridized carbons (Fsp3) is 0.278. The Bertz CT molecular complexity index is 712. The van der Waals surface area contributed by atoms with E-state index in [1.807, 2.05) is 59.5 Å². The average Bonchev–Trinajstić information content (AvgIpc) is 2.74. The van der Waals surface area contributed by atoms with E-state index in [4.69, 9.17) is 0 Å². The van der Waals surface area contributed by atoms with Crippen molar-refractivity contribution in [2.24, 2.45) is 0 Å². The van der Waals surface area contributed by atoms with Gasteiger partial charge in [0.15, 0.2) is 0 Å². The molecular formula is C18H17NO2. The quantitative estimate of drug-likeness (QED) is 0.872. The van der Waals surface area contributed by atoms with Gasteiger partial charge < -0.3 is 10.0 Å². The summed E-state index contributed by atoms with van der Waals surface area (Å²) in [5.41, 5.74) is 2.38. The first-order valence-corrected chi connectivity index (χ1v) is 7.30. The normalized spacial score (nSPS) is 29.5. The number of rotatable bonds is 1. The number of carbonyl (C=O) groups is 1. The lowest BCUT2D eigenvalue weighted by molar-refractivity contribution is -0.00918. The highest BCUT2D eigenvalue weighted by Gasteiger charge is 2.61. The summed E-state index contributed by atoms with van der Waals surface area (Å²) in [5.74, 6) is 0.0173. The molecule has 1 heterocycles. The molecule has 3 nitrogen and oxygen atoms in total. The third-order valence-electron chi connectivity index (χ3n) is 5.13. The fourth-order valence-corrected chi connectivity index (χ4v) is 3.77. The highest BCUT2D eigenvalue weighted by Crippen LogP contribution is 2.56. The van der Waals surface area contributed by atoms with E-state index in [1.54, 1.807) is 0 Å². The van der Waals surface area contributed by atoms with Crippen molar-refractivity contribution in [1.29, 1.82) is 0 Å². The number of carbonyl (C=O) groups excluding carboxylic acids is 1. The van der Waals surface area contributed by atoms with Gasteiger partial charge in [-0.2, -0.15) is 0 Å². The van der Waals surface area contributed by atoms with Crippen LogP contribution in [0.3, 0.4) is 0 Å². The zero-order valence-electron chi connectivity index (χ0n) is 11.9. The summed E-state index contributed by atoms with van der Waals surface area (Å²) in [6.07, 6.45) is 0.265. The van der Waals surface area contributed by atoms with Crippen LogP contribution in [0.1, 0.15) is 29.3 Å². The molecule has 3 atom stereocenters. The number of aliphatic hydroxyl groups excluding tert-OH is 1. The summed E-state index contributed by atoms with van der Waals surface area (Å²) in [4.78, 5) is 14.8. The van der Waals surface area contributed by atoms with Gasteiger partial charge in [-0.25, -0.2) is 0 Å². The lowest BCUT2D eigenvalue weighted by atomic mass is 9.61. The minimum absolute atomic E-state index is 0.0173. The third-order valence-corrected chi connectivity index (χ3v) is 5.13. The van der Waals surface area contributed by atoms with E-state index < -0.39 is 0 Å². The van der Waals surface area contributed by atoms with E-state index >= 15 is 0 Å². The Kier molecular flexibility index (Phi) is 2.51. The molecule has 21 heavy (non-hydrogen) atoms. The summed E-state index contributed by atoms with van der Waals surface area (Å²) in [7, 11) is 0. The molecule has 106 valence electrons. The maximum absolute atomic E-state index is 12.9. The molecule has 0 spiro atoms. The van der Waals surface area contributed by atoms with Crippen molar-refractivity contribution in [3.05, 3.63) is 65.7 Å². The number of nitrogens with zero attached hydrogens (tertiary/aromatic N) is 1. The molecule has 1 amide bonds. The molecule has 2 aromatic carbocycles. The maximum atomic E-state index is 12.9. The SMILES string of the molecule is C[C@]12c3ccccc3N(C(=O)c3ccccc3)[C@H]1C[C@@H]2O. The van der Waals surface area contributed by atoms with Crippen LogP contribution in [0.4, 0.5) is 5.69 Å². The summed E-state index contributed by atoms with van der Waals surface area (Å²) in [6.45, 7) is 2.06. The number of fused-ring (bicyclic) bond motifs is 3. The molecule has 0 radical (unpaired) electrons. The summed E-state index contributed by atoms with van der Waals surface area (Å²) >= 11 is 0. The van der Waals surface area contributed by atoms with Crippen molar-refractivity contribution in [2.45, 2.75) is 30.9 Å². The molecule has 1 aliphatic heterocycles. The Morgan fingerprint density at radius 2 is 1.81 bits per heavy atom. The van der Waals surface area contributed by atoms with Crippen molar-refractivity contribution in [1.82, 2.24) is 0 Å². The van der Waals surface area contributed by atoms with Crippen LogP contribution in [0.25, 0.3) is 0 Å². The minimum Gasteiger partial charge on any atom is -0.392 e. The molecule has 0 aromatic heterocycles. The van der Waals surface area contributed by atoms with Gasteiger partial charge in [0.2, 0.25) is 0 Å². The average molecular weight is 279 g/mol. The Hall–Kier alpha value is -2.13. The number of anilines is 1. The molecule has 1 aliphatic carbocycles. The predicted octanol–water partition coefficient (Wildman–Crippen LogP) is 2.74. The summed E-state index contributed by atoms with van der Waals surface area (Å²) < 4.78 is 0. The lowest BCUT2D eigenvalue weighted by Crippen LogP contribution is -2.62. The van der Waals surface area contributed by atoms with Gasteiger partial charge in [-0.05, 0) is 30.2 Å². The second-order valence-electron chi connectivity index (χ2n) is 6.11. The maximum Gasteiger partial charge on any atom is 0.258 e. The van der Waals surface area contributed by atoms with Gasteiger partial charge in [-0.1, -0.05) is 43.3 Å². The van der Waals surface area contributed by atoms with Crippen LogP contribution in [0.5, 0.6) is 0 Å². The molecule has 0 unspecified atom stereocenters. The number of hydrogen-bond acceptors (Lipinski definition) is 2. The van der Waals surface area contributed by atoms with E-state index in [1.165, 1.54) is 0 Å². The van der Waals surface area contributed by atoms with Crippen LogP contribution in [0.15, 0.2) is 54.6 Å². The zero-order chi connectivity index (χ0) is 14.6. The van der Waals surface area contributed by atoms with E-state index in [-0.39, 0.29) is 23.5 Å². The highest BCUT2D eigenvalue weighted by atomic mass is 16.3. The van der Waals surface area contributed by atoms with Crippen molar-refractivity contribution in [3.63, 3.8) is 0 Å². The first kappa shape index (κ1) is 12.6. The molecular weight excluding hydrogens is 262 g/mol. The zero-order valence-corrected chi connectivity index (χ0v) is 11.9. The number of benzene rings is 2. The third kappa shape index (κ3) is 1.49. The van der Waals surface area contributed by atoms with Gasteiger partial charge in [0.05, 0.1) is 12.1 Å². The molecule has 4 rings (SSSR count). The topological polar surface area (TPSA) is 40.5 Å². The monoisotopic (exact) mass is 279 g/mol. The molecule has 2 aliphatic rings. The number of amides is 1. The molecule has 1 fully saturated rings. The molecule has 3 heteroatoms. The molecule has 0 saturated heterocycles. The highest BCUT2D eigenvalue weighted by molar-refractivity contribution is 6.08. The van der Waals surface area contributed by atoms with Gasteiger partial charge in [0, 0.05) is 16.7 Å². The smallest absolute Gasteiger partial charge is 0.258 e. The van der Waals surface area contributed by atoms with Crippen molar-refractivity contribution >= 4 is 11.6 Å². The molecule has 0 bridgehead atoms. The second-order valence-corrected chi connectivity index (χ2v) is 6.11. The lowest BCUT2D eigenvalue weighted by Gasteiger charge is -2.49. The van der Waals surface area contributed by atoms with Gasteiger partial charge >= 0.3 is 0 Å². The van der Waals surface area contributed by atoms with Crippen molar-refractivity contribution < 1.29 is 9.90 Å². The van der Waals surface area contributed by atoms with Crippen LogP contribution in [-0.4, -0.2) is 23.2 Å². The van der Waals surface area contributed by atoms with E-state index in [2.05, 4.69) is 6.92 Å². The van der Waals surface area contributed by atoms with Crippen LogP contribution in [0.2, 0.25) is 0 Å². The van der Waals surface area contributed by atoms with Crippen LogP contribution in [-0.2, 0) is 5.41 Å². The minimum atomic E-state index is -0.378. The standard InChI is InChI=1S/C18H17NO2/c1-18-13-9-5-6-10-14(13)19(15(18)11-16(18)20)17(21)12-7-3-2-4-8-12/h2-10,15-16,20H,11H2,1H3/t15-,16-,18-/m0/s1. The van der Waals surface area contributed by atoms with Gasteiger partial charge in [-0.3, -0.25) is 4.79 Å². The summed E-state index contributed by atoms with van der Waals surface area (Å²) in [6, 6.07) is 17.3. The number of aliphatic hydroxyl groups is 1. The predicted molar refractivity (Wildman–Crippen MR) is 81.5 cm³/mol. The number of hydrogen-bond donors (Lipinski definition) is 1. The van der Waals surface area contributed by atoms with Crippen molar-refractivity contribution in [2.75, 3.05) is 4.90 Å². The first-order chi connectivity index (χ1) is 10.1. The van der Waals surface area contributed by atoms with Crippen LogP contribution >= 0.6 is 0 Å². The van der Waals surface area contributed by atoms with Crippen molar-refractivity contribution in [3.8, 4) is 0 Å². The Labute approximate surface area is 123 Å². The molecule has 2 aromatic rings. The van der Waals surface area contributed by atoms with E-state index in [0.29, 0.717) is 12.0 Å². The van der Waals surface area contributed by atoms with Gasteiger partial charge in [-0.15, -0.1) is 0 Å². The molecule has 1 saturated carbocycles. The van der Waals surface area contributed by atoms with E-state index in [0.717, 1.165) is 11.3 Å². The Balaban J connectivity index is 1.83. The number of para-hydroxylation sites is 1. The van der Waals surface area contributed by atoms with Gasteiger partial charge in [0.1, 0.15) is 0 Å². The second kappa shape index (κ2) is 4.18. The fourth-order valence-electron chi connectivity index (χ4n) is 3.77. The largest absolute Gasteiger partial charge is 0.392 e. The first-order valence-electron chi connectivity index (χ1n) is 7.30. The summed E-state index contributed by atoms with van der Waals surface area (Å²) in [5, 5.41) is 10.3. The molecule has 1 N–H and O–H groups in total. The van der Waals surface area contributed by atoms with Crippen LogP contribution < -0.4 is 4.90 Å². The Morgan fingerprint density at radius 1 is 1.14 bits per heavy atom. The van der Waals surface area contributed by atoms with E-state index in [9.17, 15) is 9.90 Å².